The fraction of sp³-hybridized carbons (Fsp3) is 0.625. The number of rotatable bonds is 9. The number of benzene rings is 1. The quantitative estimate of drug-likeness (QED) is 0.502. The molecule has 19 heavy (non-hydrogen) atoms. The highest BCUT2D eigenvalue weighted by Gasteiger charge is 2.15. The molecule has 1 fully saturated rings. The smallest absolute Gasteiger partial charge is 0.121 e. The predicted molar refractivity (Wildman–Crippen MR) is 81.2 cm³/mol. The van der Waals surface area contributed by atoms with Gasteiger partial charge in [0.05, 0.1) is 6.61 Å². The molecule has 0 saturated carbocycles. The van der Waals surface area contributed by atoms with Crippen molar-refractivity contribution in [3.05, 3.63) is 24.3 Å². The first-order valence-electron chi connectivity index (χ1n) is 7.53. The Labute approximate surface area is 117 Å². The summed E-state index contributed by atoms with van der Waals surface area (Å²) in [6.45, 7) is 11.1. The second-order valence-electron chi connectivity index (χ2n) is 5.07. The average Bonchev–Trinajstić information content (AvgIpc) is 3.24. The number of unbranched alkanes of at least 4 members (excludes halogenated alkanes) is 1. The Morgan fingerprint density at radius 1 is 1.16 bits per heavy atom. The Bertz CT molecular complexity index is 373. The van der Waals surface area contributed by atoms with Crippen LogP contribution in [0.4, 0.5) is 5.69 Å². The molecule has 0 bridgehead atoms. The van der Waals surface area contributed by atoms with E-state index in [1.165, 1.54) is 31.7 Å². The number of ether oxygens (including phenoxy) is 1. The Balaban J connectivity index is 1.74. The van der Waals surface area contributed by atoms with Crippen LogP contribution >= 0.6 is 0 Å². The third-order valence-corrected chi connectivity index (χ3v) is 3.62. The summed E-state index contributed by atoms with van der Waals surface area (Å²) in [7, 11) is 0. The van der Waals surface area contributed by atoms with Crippen molar-refractivity contribution in [1.29, 1.82) is 0 Å². The van der Waals surface area contributed by atoms with Crippen LogP contribution in [-0.4, -0.2) is 44.2 Å². The maximum Gasteiger partial charge on any atom is 0.121 e. The lowest BCUT2D eigenvalue weighted by Gasteiger charge is -2.21. The first-order valence-corrected chi connectivity index (χ1v) is 7.53. The molecule has 1 heterocycles. The Kier molecular flexibility index (Phi) is 5.52. The molecule has 2 rings (SSSR count). The molecule has 1 aliphatic rings. The lowest BCUT2D eigenvalue weighted by Crippen LogP contribution is -2.21. The summed E-state index contributed by atoms with van der Waals surface area (Å²) in [5.41, 5.74) is 1.26. The normalized spacial score (nSPS) is 14.4. The zero-order valence-electron chi connectivity index (χ0n) is 12.3. The second-order valence-corrected chi connectivity index (χ2v) is 5.07. The van der Waals surface area contributed by atoms with Crippen molar-refractivity contribution >= 4 is 5.69 Å². The van der Waals surface area contributed by atoms with Gasteiger partial charge in [-0.05, 0) is 45.4 Å². The molecule has 106 valence electrons. The fourth-order valence-corrected chi connectivity index (χ4v) is 2.28. The minimum Gasteiger partial charge on any atom is -0.494 e. The van der Waals surface area contributed by atoms with Gasteiger partial charge in [-0.15, -0.1) is 0 Å². The van der Waals surface area contributed by atoms with E-state index in [1.54, 1.807) is 0 Å². The van der Waals surface area contributed by atoms with Crippen LogP contribution in [0.3, 0.4) is 0 Å². The molecule has 1 aromatic carbocycles. The molecule has 1 saturated heterocycles. The molecular weight excluding hydrogens is 236 g/mol. The summed E-state index contributed by atoms with van der Waals surface area (Å²) >= 11 is 0. The van der Waals surface area contributed by atoms with E-state index in [4.69, 9.17) is 4.74 Å². The van der Waals surface area contributed by atoms with Gasteiger partial charge in [0.1, 0.15) is 5.75 Å². The van der Waals surface area contributed by atoms with Gasteiger partial charge in [0.25, 0.3) is 0 Å². The van der Waals surface area contributed by atoms with Gasteiger partial charge >= 0.3 is 0 Å². The van der Waals surface area contributed by atoms with Gasteiger partial charge in [0, 0.05) is 37.9 Å². The van der Waals surface area contributed by atoms with Crippen LogP contribution in [0.25, 0.3) is 0 Å². The van der Waals surface area contributed by atoms with E-state index in [2.05, 4.69) is 47.9 Å². The van der Waals surface area contributed by atoms with Gasteiger partial charge < -0.3 is 14.5 Å². The van der Waals surface area contributed by atoms with Gasteiger partial charge in [-0.3, -0.25) is 0 Å². The van der Waals surface area contributed by atoms with Crippen LogP contribution in [0.1, 0.15) is 26.7 Å². The Morgan fingerprint density at radius 2 is 1.95 bits per heavy atom. The van der Waals surface area contributed by atoms with Crippen molar-refractivity contribution in [2.45, 2.75) is 26.7 Å². The van der Waals surface area contributed by atoms with Gasteiger partial charge in [0.15, 0.2) is 0 Å². The van der Waals surface area contributed by atoms with Crippen LogP contribution in [0, 0.1) is 0 Å². The molecule has 0 aromatic heterocycles. The van der Waals surface area contributed by atoms with Gasteiger partial charge in [0.2, 0.25) is 0 Å². The van der Waals surface area contributed by atoms with Crippen LogP contribution in [-0.2, 0) is 0 Å². The summed E-state index contributed by atoms with van der Waals surface area (Å²) < 4.78 is 5.84. The van der Waals surface area contributed by atoms with E-state index >= 15 is 0 Å². The Morgan fingerprint density at radius 3 is 2.63 bits per heavy atom. The third-order valence-electron chi connectivity index (χ3n) is 3.62. The van der Waals surface area contributed by atoms with Crippen molar-refractivity contribution in [2.24, 2.45) is 0 Å². The molecule has 0 amide bonds. The predicted octanol–water partition coefficient (Wildman–Crippen LogP) is 3.01. The highest BCUT2D eigenvalue weighted by atomic mass is 16.5. The summed E-state index contributed by atoms with van der Waals surface area (Å²) in [5, 5.41) is 0. The monoisotopic (exact) mass is 262 g/mol. The molecule has 0 spiro atoms. The summed E-state index contributed by atoms with van der Waals surface area (Å²) in [4.78, 5) is 4.80. The fourth-order valence-electron chi connectivity index (χ4n) is 2.28. The summed E-state index contributed by atoms with van der Waals surface area (Å²) in [6.07, 6.45) is 2.39. The van der Waals surface area contributed by atoms with Crippen molar-refractivity contribution in [2.75, 3.05) is 44.2 Å². The number of hydrogen-bond acceptors (Lipinski definition) is 3. The number of hydrogen-bond donors (Lipinski definition) is 0. The van der Waals surface area contributed by atoms with Gasteiger partial charge in [-0.2, -0.15) is 0 Å². The van der Waals surface area contributed by atoms with Crippen LogP contribution in [0.2, 0.25) is 0 Å². The maximum absolute atomic E-state index is 5.84. The van der Waals surface area contributed by atoms with Gasteiger partial charge in [-0.25, -0.2) is 0 Å². The molecule has 0 N–H and O–H groups in total. The van der Waals surface area contributed by atoms with E-state index in [9.17, 15) is 0 Å². The largest absolute Gasteiger partial charge is 0.494 e. The standard InChI is InChI=1S/C16H26N2O/c1-3-18(4-2)15-8-7-9-16(14-15)19-13-6-5-10-17-11-12-17/h7-9,14H,3-6,10-13H2,1-2H3. The van der Waals surface area contributed by atoms with Crippen LogP contribution < -0.4 is 9.64 Å². The van der Waals surface area contributed by atoms with Crippen LogP contribution in [0.5, 0.6) is 5.75 Å². The van der Waals surface area contributed by atoms with Crippen LogP contribution in [0.15, 0.2) is 24.3 Å². The van der Waals surface area contributed by atoms with Gasteiger partial charge in [-0.1, -0.05) is 6.07 Å². The maximum atomic E-state index is 5.84. The lowest BCUT2D eigenvalue weighted by molar-refractivity contribution is 0.302. The average molecular weight is 262 g/mol. The van der Waals surface area contributed by atoms with E-state index in [-0.39, 0.29) is 0 Å². The molecule has 1 aliphatic heterocycles. The number of anilines is 1. The summed E-state index contributed by atoms with van der Waals surface area (Å²) in [6, 6.07) is 8.44. The molecule has 3 nitrogen and oxygen atoms in total. The molecule has 0 aliphatic carbocycles. The first-order chi connectivity index (χ1) is 9.33. The lowest BCUT2D eigenvalue weighted by atomic mass is 10.2. The van der Waals surface area contributed by atoms with E-state index in [0.717, 1.165) is 31.9 Å². The molecule has 1 aromatic rings. The highest BCUT2D eigenvalue weighted by molar-refractivity contribution is 5.50. The topological polar surface area (TPSA) is 15.5 Å². The number of nitrogens with zero attached hydrogens (tertiary/aromatic N) is 2. The first kappa shape index (κ1) is 14.2. The van der Waals surface area contributed by atoms with E-state index in [1.807, 2.05) is 0 Å². The molecular formula is C16H26N2O. The minimum absolute atomic E-state index is 0.829. The van der Waals surface area contributed by atoms with Crippen molar-refractivity contribution < 1.29 is 4.74 Å². The zero-order valence-corrected chi connectivity index (χ0v) is 12.3. The van der Waals surface area contributed by atoms with E-state index in [0.29, 0.717) is 0 Å². The van der Waals surface area contributed by atoms with E-state index < -0.39 is 0 Å². The molecule has 3 heteroatoms. The second kappa shape index (κ2) is 7.39. The third kappa shape index (κ3) is 4.75. The zero-order chi connectivity index (χ0) is 13.5. The molecule has 0 atom stereocenters. The summed E-state index contributed by atoms with van der Waals surface area (Å²) in [5.74, 6) is 0.996. The van der Waals surface area contributed by atoms with Crippen molar-refractivity contribution in [1.82, 2.24) is 4.90 Å². The SMILES string of the molecule is CCN(CC)c1cccc(OCCCCN2CC2)c1. The molecule has 0 unspecified atom stereocenters. The van der Waals surface area contributed by atoms with Crippen molar-refractivity contribution in [3.8, 4) is 5.75 Å². The van der Waals surface area contributed by atoms with Crippen molar-refractivity contribution in [3.63, 3.8) is 0 Å². The Hall–Kier alpha value is -1.22. The highest BCUT2D eigenvalue weighted by Crippen LogP contribution is 2.21. The minimum atomic E-state index is 0.829. The molecule has 0 radical (unpaired) electrons.